The monoisotopic (exact) mass is 309 g/mol. The fourth-order valence-electron chi connectivity index (χ4n) is 2.81. The summed E-state index contributed by atoms with van der Waals surface area (Å²) in [5.74, 6) is 0.750. The van der Waals surface area contributed by atoms with E-state index >= 15 is 0 Å². The smallest absolute Gasteiger partial charge is 0.126 e. The second-order valence-electron chi connectivity index (χ2n) is 5.49. The minimum Gasteiger partial charge on any atom is -0.496 e. The quantitative estimate of drug-likeness (QED) is 0.685. The number of fused-ring (bicyclic) bond motifs is 1. The molecule has 3 heteroatoms. The van der Waals surface area contributed by atoms with Crippen LogP contribution in [0.25, 0.3) is 10.8 Å². The predicted octanol–water partition coefficient (Wildman–Crippen LogP) is 4.32. The Labute approximate surface area is 135 Å². The molecule has 3 aromatic carbocycles. The van der Waals surface area contributed by atoms with Gasteiger partial charge in [0.1, 0.15) is 11.6 Å². The predicted molar refractivity (Wildman–Crippen MR) is 92.3 cm³/mol. The Kier molecular flexibility index (Phi) is 4.89. The van der Waals surface area contributed by atoms with E-state index in [1.807, 2.05) is 30.3 Å². The maximum Gasteiger partial charge on any atom is 0.126 e. The van der Waals surface area contributed by atoms with Gasteiger partial charge in [0.2, 0.25) is 0 Å². The number of hydrogen-bond donors (Lipinski definition) is 1. The van der Waals surface area contributed by atoms with Crippen LogP contribution in [0, 0.1) is 5.82 Å². The first-order valence-corrected chi connectivity index (χ1v) is 7.78. The molecule has 0 aromatic heterocycles. The topological polar surface area (TPSA) is 21.3 Å². The minimum absolute atomic E-state index is 0.135. The number of rotatable bonds is 6. The van der Waals surface area contributed by atoms with Gasteiger partial charge in [-0.3, -0.25) is 0 Å². The zero-order valence-corrected chi connectivity index (χ0v) is 13.2. The van der Waals surface area contributed by atoms with Gasteiger partial charge in [0.25, 0.3) is 0 Å². The maximum atomic E-state index is 13.6. The van der Waals surface area contributed by atoms with E-state index in [1.165, 1.54) is 17.0 Å². The molecule has 0 bridgehead atoms. The molecule has 23 heavy (non-hydrogen) atoms. The molecule has 0 saturated carbocycles. The summed E-state index contributed by atoms with van der Waals surface area (Å²) >= 11 is 0. The third-order valence-electron chi connectivity index (χ3n) is 4.04. The van der Waals surface area contributed by atoms with Crippen LogP contribution in [-0.4, -0.2) is 13.7 Å². The van der Waals surface area contributed by atoms with E-state index < -0.39 is 0 Å². The fraction of sp³-hybridized carbons (Fsp3) is 0.200. The lowest BCUT2D eigenvalue weighted by Crippen LogP contribution is -2.17. The standard InChI is InChI=1S/C20H20FNO/c1-23-20-11-10-16(17-7-3-4-8-18(17)20)14-22-13-12-15-6-2-5-9-19(15)21/h2-11,22H,12-14H2,1H3. The second-order valence-corrected chi connectivity index (χ2v) is 5.49. The molecule has 2 nitrogen and oxygen atoms in total. The van der Waals surface area contributed by atoms with Gasteiger partial charge < -0.3 is 10.1 Å². The molecule has 118 valence electrons. The Morgan fingerprint density at radius 1 is 0.870 bits per heavy atom. The molecule has 0 amide bonds. The van der Waals surface area contributed by atoms with E-state index in [1.54, 1.807) is 13.2 Å². The van der Waals surface area contributed by atoms with Crippen molar-refractivity contribution in [3.63, 3.8) is 0 Å². The highest BCUT2D eigenvalue weighted by Crippen LogP contribution is 2.28. The minimum atomic E-state index is -0.135. The van der Waals surface area contributed by atoms with Crippen LogP contribution in [-0.2, 0) is 13.0 Å². The van der Waals surface area contributed by atoms with Crippen LogP contribution in [0.3, 0.4) is 0 Å². The third-order valence-corrected chi connectivity index (χ3v) is 4.04. The highest BCUT2D eigenvalue weighted by molar-refractivity contribution is 5.91. The van der Waals surface area contributed by atoms with Crippen molar-refractivity contribution in [3.05, 3.63) is 77.6 Å². The van der Waals surface area contributed by atoms with E-state index in [9.17, 15) is 4.39 Å². The summed E-state index contributed by atoms with van der Waals surface area (Å²) in [4.78, 5) is 0. The molecule has 0 aliphatic heterocycles. The Bertz CT molecular complexity index is 801. The van der Waals surface area contributed by atoms with E-state index in [2.05, 4.69) is 23.5 Å². The first kappa shape index (κ1) is 15.5. The molecule has 0 fully saturated rings. The van der Waals surface area contributed by atoms with Crippen molar-refractivity contribution in [1.82, 2.24) is 5.32 Å². The fourth-order valence-corrected chi connectivity index (χ4v) is 2.81. The third kappa shape index (κ3) is 3.51. The van der Waals surface area contributed by atoms with Crippen molar-refractivity contribution in [2.45, 2.75) is 13.0 Å². The van der Waals surface area contributed by atoms with Gasteiger partial charge in [-0.05, 0) is 41.6 Å². The van der Waals surface area contributed by atoms with Crippen LogP contribution in [0.4, 0.5) is 4.39 Å². The van der Waals surface area contributed by atoms with Crippen LogP contribution >= 0.6 is 0 Å². The first-order chi connectivity index (χ1) is 11.3. The van der Waals surface area contributed by atoms with Crippen molar-refractivity contribution < 1.29 is 9.13 Å². The molecule has 0 saturated heterocycles. The lowest BCUT2D eigenvalue weighted by atomic mass is 10.0. The molecule has 1 N–H and O–H groups in total. The van der Waals surface area contributed by atoms with Gasteiger partial charge in [-0.15, -0.1) is 0 Å². The van der Waals surface area contributed by atoms with Gasteiger partial charge >= 0.3 is 0 Å². The van der Waals surface area contributed by atoms with Gasteiger partial charge in [0, 0.05) is 11.9 Å². The van der Waals surface area contributed by atoms with Gasteiger partial charge in [0.15, 0.2) is 0 Å². The molecule has 0 atom stereocenters. The summed E-state index contributed by atoms with van der Waals surface area (Å²) in [6.45, 7) is 1.49. The zero-order valence-electron chi connectivity index (χ0n) is 13.2. The Morgan fingerprint density at radius 3 is 2.39 bits per heavy atom. The average Bonchev–Trinajstić information content (AvgIpc) is 2.60. The molecule has 0 aliphatic rings. The normalized spacial score (nSPS) is 10.9. The zero-order chi connectivity index (χ0) is 16.1. The number of nitrogens with one attached hydrogen (secondary N) is 1. The molecule has 0 aliphatic carbocycles. The van der Waals surface area contributed by atoms with Crippen LogP contribution in [0.15, 0.2) is 60.7 Å². The number of ether oxygens (including phenoxy) is 1. The lowest BCUT2D eigenvalue weighted by molar-refractivity contribution is 0.419. The summed E-state index contributed by atoms with van der Waals surface area (Å²) in [7, 11) is 1.69. The summed E-state index contributed by atoms with van der Waals surface area (Å²) in [6.07, 6.45) is 0.681. The molecule has 0 unspecified atom stereocenters. The number of benzene rings is 3. The Morgan fingerprint density at radius 2 is 1.61 bits per heavy atom. The van der Waals surface area contributed by atoms with Gasteiger partial charge in [-0.1, -0.05) is 48.5 Å². The molecular weight excluding hydrogens is 289 g/mol. The summed E-state index contributed by atoms with van der Waals surface area (Å²) in [6, 6.07) is 19.2. The molecule has 3 rings (SSSR count). The number of halogens is 1. The van der Waals surface area contributed by atoms with Gasteiger partial charge in [-0.2, -0.15) is 0 Å². The van der Waals surface area contributed by atoms with Crippen molar-refractivity contribution in [2.75, 3.05) is 13.7 Å². The van der Waals surface area contributed by atoms with E-state index in [4.69, 9.17) is 4.74 Å². The van der Waals surface area contributed by atoms with E-state index in [-0.39, 0.29) is 5.82 Å². The average molecular weight is 309 g/mol. The van der Waals surface area contributed by atoms with Gasteiger partial charge in [0.05, 0.1) is 7.11 Å². The molecular formula is C20H20FNO. The summed E-state index contributed by atoms with van der Waals surface area (Å²) < 4.78 is 19.0. The number of hydrogen-bond acceptors (Lipinski definition) is 2. The van der Waals surface area contributed by atoms with E-state index in [0.29, 0.717) is 6.42 Å². The SMILES string of the molecule is COc1ccc(CNCCc2ccccc2F)c2ccccc12. The molecule has 0 spiro atoms. The van der Waals surface area contributed by atoms with Crippen LogP contribution in [0.2, 0.25) is 0 Å². The highest BCUT2D eigenvalue weighted by Gasteiger charge is 2.06. The van der Waals surface area contributed by atoms with E-state index in [0.717, 1.165) is 29.8 Å². The summed E-state index contributed by atoms with van der Waals surface area (Å²) in [5, 5.41) is 5.70. The van der Waals surface area contributed by atoms with Crippen molar-refractivity contribution in [1.29, 1.82) is 0 Å². The molecule has 0 radical (unpaired) electrons. The lowest BCUT2D eigenvalue weighted by Gasteiger charge is -2.11. The number of methoxy groups -OCH3 is 1. The van der Waals surface area contributed by atoms with Crippen molar-refractivity contribution in [2.24, 2.45) is 0 Å². The molecule has 0 heterocycles. The Hall–Kier alpha value is -2.39. The maximum absolute atomic E-state index is 13.6. The van der Waals surface area contributed by atoms with Crippen molar-refractivity contribution in [3.8, 4) is 5.75 Å². The van der Waals surface area contributed by atoms with Crippen molar-refractivity contribution >= 4 is 10.8 Å². The highest BCUT2D eigenvalue weighted by atomic mass is 19.1. The van der Waals surface area contributed by atoms with Crippen LogP contribution in [0.5, 0.6) is 5.75 Å². The summed E-state index contributed by atoms with van der Waals surface area (Å²) in [5.41, 5.74) is 1.97. The van der Waals surface area contributed by atoms with Crippen LogP contribution in [0.1, 0.15) is 11.1 Å². The Balaban J connectivity index is 1.67. The second kappa shape index (κ2) is 7.25. The first-order valence-electron chi connectivity index (χ1n) is 7.78. The van der Waals surface area contributed by atoms with Gasteiger partial charge in [-0.25, -0.2) is 4.39 Å². The largest absolute Gasteiger partial charge is 0.496 e. The van der Waals surface area contributed by atoms with Crippen LogP contribution < -0.4 is 10.1 Å². The molecule has 3 aromatic rings.